The molecule has 0 aliphatic carbocycles. The quantitative estimate of drug-likeness (QED) is 0.812. The molecule has 1 atom stereocenters. The van der Waals surface area contributed by atoms with Gasteiger partial charge in [0.25, 0.3) is 0 Å². The molecule has 1 rings (SSSR count). The number of ketones is 1. The zero-order valence-corrected chi connectivity index (χ0v) is 11.5. The maximum atomic E-state index is 12.8. The van der Waals surface area contributed by atoms with Crippen LogP contribution >= 0.6 is 0 Å². The van der Waals surface area contributed by atoms with E-state index in [1.165, 1.54) is 24.3 Å². The Hall–Kier alpha value is -2.22. The first kappa shape index (κ1) is 15.8. The molecule has 0 fully saturated rings. The zero-order valence-electron chi connectivity index (χ0n) is 11.5. The summed E-state index contributed by atoms with van der Waals surface area (Å²) in [6, 6.07) is 6.89. The Balaban J connectivity index is 2.80. The first-order valence-electron chi connectivity index (χ1n) is 6.53. The molecule has 20 heavy (non-hydrogen) atoms. The van der Waals surface area contributed by atoms with Gasteiger partial charge in [-0.05, 0) is 37.1 Å². The van der Waals surface area contributed by atoms with Gasteiger partial charge in [-0.3, -0.25) is 9.59 Å². The Morgan fingerprint density at radius 2 is 1.80 bits per heavy atom. The van der Waals surface area contributed by atoms with Crippen LogP contribution in [0, 0.1) is 29.0 Å². The van der Waals surface area contributed by atoms with Gasteiger partial charge >= 0.3 is 0 Å². The van der Waals surface area contributed by atoms with Crippen LogP contribution in [0.5, 0.6) is 0 Å². The van der Waals surface area contributed by atoms with E-state index in [4.69, 9.17) is 5.26 Å². The van der Waals surface area contributed by atoms with Crippen molar-refractivity contribution in [1.82, 2.24) is 0 Å². The Labute approximate surface area is 117 Å². The fourth-order valence-electron chi connectivity index (χ4n) is 1.93. The molecular weight excluding hydrogens is 259 g/mol. The molecule has 106 valence electrons. The van der Waals surface area contributed by atoms with E-state index in [2.05, 4.69) is 5.32 Å². The molecule has 1 aromatic carbocycles. The van der Waals surface area contributed by atoms with E-state index < -0.39 is 17.6 Å². The van der Waals surface area contributed by atoms with Crippen LogP contribution in [0.1, 0.15) is 26.7 Å². The van der Waals surface area contributed by atoms with Crippen LogP contribution in [-0.4, -0.2) is 11.7 Å². The molecule has 0 bridgehead atoms. The molecule has 0 aliphatic heterocycles. The number of amides is 1. The van der Waals surface area contributed by atoms with Gasteiger partial charge in [-0.1, -0.05) is 13.8 Å². The van der Waals surface area contributed by atoms with Crippen LogP contribution in [0.3, 0.4) is 0 Å². The fourth-order valence-corrected chi connectivity index (χ4v) is 1.93. The maximum Gasteiger partial charge on any atom is 0.249 e. The predicted octanol–water partition coefficient (Wildman–Crippen LogP) is 2.91. The number of rotatable bonds is 6. The molecule has 0 heterocycles. The first-order valence-corrected chi connectivity index (χ1v) is 6.53. The number of anilines is 1. The van der Waals surface area contributed by atoms with Crippen molar-refractivity contribution in [3.63, 3.8) is 0 Å². The first-order chi connectivity index (χ1) is 9.53. The minimum absolute atomic E-state index is 0.293. The summed E-state index contributed by atoms with van der Waals surface area (Å²) < 4.78 is 12.8. The van der Waals surface area contributed by atoms with E-state index >= 15 is 0 Å². The third-order valence-electron chi connectivity index (χ3n) is 3.18. The van der Waals surface area contributed by atoms with Crippen LogP contribution < -0.4 is 5.32 Å². The second-order valence-corrected chi connectivity index (χ2v) is 4.47. The minimum Gasteiger partial charge on any atom is -0.325 e. The highest BCUT2D eigenvalue weighted by Gasteiger charge is 2.30. The van der Waals surface area contributed by atoms with Crippen molar-refractivity contribution in [2.45, 2.75) is 26.7 Å². The maximum absolute atomic E-state index is 12.8. The monoisotopic (exact) mass is 276 g/mol. The van der Waals surface area contributed by atoms with Gasteiger partial charge in [-0.15, -0.1) is 0 Å². The fraction of sp³-hybridized carbons (Fsp3) is 0.400. The molecule has 0 spiro atoms. The highest BCUT2D eigenvalue weighted by molar-refractivity contribution is 6.10. The number of benzene rings is 1. The number of halogens is 1. The average molecular weight is 276 g/mol. The normalized spacial score (nSPS) is 11.8. The Kier molecular flexibility index (Phi) is 5.85. The number of nitriles is 1. The van der Waals surface area contributed by atoms with Gasteiger partial charge in [0, 0.05) is 11.6 Å². The molecule has 1 amide bonds. The van der Waals surface area contributed by atoms with E-state index in [0.717, 1.165) is 0 Å². The smallest absolute Gasteiger partial charge is 0.249 e. The number of hydrogen-bond donors (Lipinski definition) is 1. The lowest BCUT2D eigenvalue weighted by atomic mass is 9.89. The molecule has 0 radical (unpaired) electrons. The minimum atomic E-state index is -1.33. The number of nitrogens with one attached hydrogen (secondary N) is 1. The van der Waals surface area contributed by atoms with Gasteiger partial charge in [0.2, 0.25) is 5.91 Å². The summed E-state index contributed by atoms with van der Waals surface area (Å²) >= 11 is 0. The highest BCUT2D eigenvalue weighted by atomic mass is 19.1. The molecule has 1 aromatic rings. The van der Waals surface area contributed by atoms with Crippen molar-refractivity contribution >= 4 is 17.4 Å². The van der Waals surface area contributed by atoms with E-state index in [-0.39, 0.29) is 11.7 Å². The number of carbonyl (C=O) groups is 2. The third-order valence-corrected chi connectivity index (χ3v) is 3.18. The molecule has 0 saturated heterocycles. The number of carbonyl (C=O) groups excluding carboxylic acids is 2. The molecule has 0 saturated carbocycles. The topological polar surface area (TPSA) is 70.0 Å². The molecule has 0 aliphatic rings. The standard InChI is InChI=1S/C15H17FN2O2/c1-3-10(4-2)14(19)13(9-17)15(20)18-12-7-5-11(16)6-8-12/h5-8,10,13H,3-4H2,1-2H3,(H,18,20)/t13-/m0/s1. The van der Waals surface area contributed by atoms with Gasteiger partial charge < -0.3 is 5.32 Å². The predicted molar refractivity (Wildman–Crippen MR) is 73.2 cm³/mol. The van der Waals surface area contributed by atoms with Crippen LogP contribution in [-0.2, 0) is 9.59 Å². The lowest BCUT2D eigenvalue weighted by Gasteiger charge is -2.15. The molecule has 0 unspecified atom stereocenters. The van der Waals surface area contributed by atoms with E-state index in [1.54, 1.807) is 6.07 Å². The van der Waals surface area contributed by atoms with Gasteiger partial charge in [-0.2, -0.15) is 5.26 Å². The van der Waals surface area contributed by atoms with Crippen molar-refractivity contribution in [1.29, 1.82) is 5.26 Å². The molecule has 4 nitrogen and oxygen atoms in total. The van der Waals surface area contributed by atoms with Crippen molar-refractivity contribution in [3.05, 3.63) is 30.1 Å². The summed E-state index contributed by atoms with van der Waals surface area (Å²) in [5, 5.41) is 11.5. The zero-order chi connectivity index (χ0) is 15.1. The summed E-state index contributed by atoms with van der Waals surface area (Å²) in [6.45, 7) is 3.69. The van der Waals surface area contributed by atoms with Crippen molar-refractivity contribution in [3.8, 4) is 6.07 Å². The Morgan fingerprint density at radius 3 is 2.25 bits per heavy atom. The second-order valence-electron chi connectivity index (χ2n) is 4.47. The van der Waals surface area contributed by atoms with Gasteiger partial charge in [0.15, 0.2) is 11.7 Å². The molecule has 0 aromatic heterocycles. The van der Waals surface area contributed by atoms with Gasteiger partial charge in [0.05, 0.1) is 6.07 Å². The molecular formula is C15H17FN2O2. The Morgan fingerprint density at radius 1 is 1.25 bits per heavy atom. The summed E-state index contributed by atoms with van der Waals surface area (Å²) in [4.78, 5) is 24.0. The number of Topliss-reactive ketones (excluding diaryl/α,β-unsaturated/α-hetero) is 1. The van der Waals surface area contributed by atoms with Crippen molar-refractivity contribution < 1.29 is 14.0 Å². The molecule has 1 N–H and O–H groups in total. The summed E-state index contributed by atoms with van der Waals surface area (Å²) in [5.41, 5.74) is 0.356. The van der Waals surface area contributed by atoms with Crippen LogP contribution in [0.4, 0.5) is 10.1 Å². The van der Waals surface area contributed by atoms with Crippen molar-refractivity contribution in [2.24, 2.45) is 11.8 Å². The second kappa shape index (κ2) is 7.39. The summed E-state index contributed by atoms with van der Waals surface area (Å²) in [7, 11) is 0. The summed E-state index contributed by atoms with van der Waals surface area (Å²) in [5.74, 6) is -3.08. The third kappa shape index (κ3) is 3.89. The van der Waals surface area contributed by atoms with Crippen molar-refractivity contribution in [2.75, 3.05) is 5.32 Å². The van der Waals surface area contributed by atoms with Crippen LogP contribution in [0.15, 0.2) is 24.3 Å². The SMILES string of the molecule is CCC(CC)C(=O)[C@H](C#N)C(=O)Nc1ccc(F)cc1. The van der Waals surface area contributed by atoms with E-state index in [9.17, 15) is 14.0 Å². The van der Waals surface area contributed by atoms with Crippen LogP contribution in [0.25, 0.3) is 0 Å². The van der Waals surface area contributed by atoms with Crippen LogP contribution in [0.2, 0.25) is 0 Å². The number of nitrogens with zero attached hydrogens (tertiary/aromatic N) is 1. The average Bonchev–Trinajstić information content (AvgIpc) is 2.43. The van der Waals surface area contributed by atoms with Gasteiger partial charge in [0.1, 0.15) is 5.82 Å². The molecule has 5 heteroatoms. The van der Waals surface area contributed by atoms with Gasteiger partial charge in [-0.25, -0.2) is 4.39 Å². The lowest BCUT2D eigenvalue weighted by Crippen LogP contribution is -2.32. The summed E-state index contributed by atoms with van der Waals surface area (Å²) in [6.07, 6.45) is 1.19. The Bertz CT molecular complexity index is 516. The van der Waals surface area contributed by atoms with E-state index in [1.807, 2.05) is 13.8 Å². The van der Waals surface area contributed by atoms with E-state index in [0.29, 0.717) is 18.5 Å². The highest BCUT2D eigenvalue weighted by Crippen LogP contribution is 2.17. The largest absolute Gasteiger partial charge is 0.325 e. The number of hydrogen-bond acceptors (Lipinski definition) is 3. The lowest BCUT2D eigenvalue weighted by molar-refractivity contribution is -0.131.